The van der Waals surface area contributed by atoms with Crippen molar-refractivity contribution in [3.8, 4) is 22.5 Å². The molecule has 3 nitrogen and oxygen atoms in total. The molecule has 4 heteroatoms. The van der Waals surface area contributed by atoms with Gasteiger partial charge in [0.2, 0.25) is 0 Å². The van der Waals surface area contributed by atoms with Gasteiger partial charge in [0.05, 0.1) is 16.9 Å². The van der Waals surface area contributed by atoms with Gasteiger partial charge in [-0.25, -0.2) is 9.97 Å². The number of hydrogen-bond acceptors (Lipinski definition) is 3. The molecule has 0 atom stereocenters. The Labute approximate surface area is 255 Å². The molecule has 44 heavy (non-hydrogen) atoms. The van der Waals surface area contributed by atoms with Gasteiger partial charge in [0.1, 0.15) is 5.44 Å². The second-order valence-electron chi connectivity index (χ2n) is 10.9. The van der Waals surface area contributed by atoms with E-state index in [1.165, 1.54) is 16.2 Å². The Hall–Kier alpha value is -5.37. The van der Waals surface area contributed by atoms with Crippen molar-refractivity contribution in [1.29, 1.82) is 0 Å². The van der Waals surface area contributed by atoms with E-state index in [0.29, 0.717) is 5.44 Å². The van der Waals surface area contributed by atoms with E-state index < -0.39 is 7.14 Å². The maximum atomic E-state index is 15.0. The van der Waals surface area contributed by atoms with Crippen LogP contribution in [0.4, 0.5) is 0 Å². The van der Waals surface area contributed by atoms with E-state index >= 15 is 4.57 Å². The lowest BCUT2D eigenvalue weighted by atomic mass is 9.94. The summed E-state index contributed by atoms with van der Waals surface area (Å²) in [6.45, 7) is 0. The summed E-state index contributed by atoms with van der Waals surface area (Å²) in [6.07, 6.45) is 0. The lowest BCUT2D eigenvalue weighted by Crippen LogP contribution is -2.27. The molecule has 2 aromatic heterocycles. The SMILES string of the molecule is O=P(c1ccccc1)(c1ccccc1)c1cccc(-c2ccc3c(c2)nc(-c2ccccc2)c2ccc4ccccc4c23)n1. The second-order valence-corrected chi connectivity index (χ2v) is 13.6. The van der Waals surface area contributed by atoms with Crippen LogP contribution in [0.1, 0.15) is 0 Å². The summed E-state index contributed by atoms with van der Waals surface area (Å²) >= 11 is 0. The van der Waals surface area contributed by atoms with E-state index in [0.717, 1.165) is 49.4 Å². The monoisotopic (exact) mass is 582 g/mol. The van der Waals surface area contributed by atoms with Crippen LogP contribution in [0.25, 0.3) is 55.0 Å². The highest BCUT2D eigenvalue weighted by Crippen LogP contribution is 2.42. The fraction of sp³-hybridized carbons (Fsp3) is 0. The van der Waals surface area contributed by atoms with Crippen LogP contribution in [-0.4, -0.2) is 9.97 Å². The zero-order valence-electron chi connectivity index (χ0n) is 23.8. The highest BCUT2D eigenvalue weighted by molar-refractivity contribution is 7.85. The van der Waals surface area contributed by atoms with E-state index in [1.54, 1.807) is 0 Å². The molecule has 0 aliphatic heterocycles. The summed E-state index contributed by atoms with van der Waals surface area (Å²) < 4.78 is 15.0. The Kier molecular flexibility index (Phi) is 6.40. The molecular formula is C40H27N2OP. The third-order valence-electron chi connectivity index (χ3n) is 8.32. The smallest absolute Gasteiger partial charge is 0.188 e. The van der Waals surface area contributed by atoms with Gasteiger partial charge in [-0.1, -0.05) is 146 Å². The Morgan fingerprint density at radius 1 is 0.455 bits per heavy atom. The highest BCUT2D eigenvalue weighted by Gasteiger charge is 2.31. The molecule has 8 rings (SSSR count). The lowest BCUT2D eigenvalue weighted by Gasteiger charge is -2.19. The normalized spacial score (nSPS) is 11.7. The molecule has 6 aromatic carbocycles. The fourth-order valence-electron chi connectivity index (χ4n) is 6.20. The highest BCUT2D eigenvalue weighted by atomic mass is 31.2. The van der Waals surface area contributed by atoms with Gasteiger partial charge in [0.25, 0.3) is 0 Å². The van der Waals surface area contributed by atoms with E-state index in [9.17, 15) is 0 Å². The molecule has 0 aliphatic rings. The minimum atomic E-state index is -3.21. The van der Waals surface area contributed by atoms with Crippen LogP contribution in [0.3, 0.4) is 0 Å². The molecule has 0 fully saturated rings. The van der Waals surface area contributed by atoms with Crippen molar-refractivity contribution >= 4 is 55.6 Å². The fourth-order valence-corrected chi connectivity index (χ4v) is 8.76. The van der Waals surface area contributed by atoms with Crippen LogP contribution in [0.2, 0.25) is 0 Å². The molecule has 0 N–H and O–H groups in total. The van der Waals surface area contributed by atoms with Crippen molar-refractivity contribution < 1.29 is 4.57 Å². The molecule has 8 aromatic rings. The Morgan fingerprint density at radius 3 is 1.82 bits per heavy atom. The molecule has 0 saturated heterocycles. The third-order valence-corrected chi connectivity index (χ3v) is 11.3. The first-order valence-electron chi connectivity index (χ1n) is 14.7. The standard InChI is InChI=1S/C40H27N2OP/c43-44(31-16-6-2-7-17-31,32-18-8-3-9-19-32)38-22-12-21-36(41-38)30-24-25-34-37(27-30)42-40(29-14-4-1-5-15-29)35-26-23-28-13-10-11-20-33(28)39(34)35/h1-27H. The molecule has 0 unspecified atom stereocenters. The molecule has 0 bridgehead atoms. The first-order chi connectivity index (χ1) is 21.7. The van der Waals surface area contributed by atoms with Crippen LogP contribution in [0.15, 0.2) is 164 Å². The predicted molar refractivity (Wildman–Crippen MR) is 185 cm³/mol. The van der Waals surface area contributed by atoms with Gasteiger partial charge in [-0.2, -0.15) is 0 Å². The average molecular weight is 583 g/mol. The minimum Gasteiger partial charge on any atom is -0.307 e. The number of rotatable bonds is 5. The van der Waals surface area contributed by atoms with Crippen LogP contribution in [0.5, 0.6) is 0 Å². The zero-order valence-corrected chi connectivity index (χ0v) is 24.7. The molecule has 0 saturated carbocycles. The Balaban J connectivity index is 1.35. The van der Waals surface area contributed by atoms with Gasteiger partial charge in [-0.3, -0.25) is 0 Å². The first kappa shape index (κ1) is 26.3. The number of hydrogen-bond donors (Lipinski definition) is 0. The van der Waals surface area contributed by atoms with Gasteiger partial charge >= 0.3 is 0 Å². The molecule has 0 amide bonds. The minimum absolute atomic E-state index is 0.565. The van der Waals surface area contributed by atoms with Gasteiger partial charge in [0.15, 0.2) is 7.14 Å². The van der Waals surface area contributed by atoms with Crippen LogP contribution in [0, 0.1) is 0 Å². The Morgan fingerprint density at radius 2 is 1.09 bits per heavy atom. The number of pyridine rings is 2. The molecule has 0 radical (unpaired) electrons. The maximum absolute atomic E-state index is 15.0. The summed E-state index contributed by atoms with van der Waals surface area (Å²) in [4.78, 5) is 10.3. The number of fused-ring (bicyclic) bond motifs is 5. The molecular weight excluding hydrogens is 555 g/mol. The number of benzene rings is 6. The van der Waals surface area contributed by atoms with Crippen LogP contribution in [-0.2, 0) is 4.57 Å². The van der Waals surface area contributed by atoms with Crippen molar-refractivity contribution in [1.82, 2.24) is 9.97 Å². The van der Waals surface area contributed by atoms with Crippen molar-refractivity contribution in [2.75, 3.05) is 0 Å². The lowest BCUT2D eigenvalue weighted by molar-refractivity contribution is 0.592. The zero-order chi connectivity index (χ0) is 29.5. The van der Waals surface area contributed by atoms with Crippen molar-refractivity contribution in [2.24, 2.45) is 0 Å². The Bertz CT molecular complexity index is 2310. The second kappa shape index (κ2) is 10.7. The summed E-state index contributed by atoms with van der Waals surface area (Å²) in [5.41, 5.74) is 5.18. The predicted octanol–water partition coefficient (Wildman–Crippen LogP) is 8.91. The average Bonchev–Trinajstić information content (AvgIpc) is 3.11. The van der Waals surface area contributed by atoms with Gasteiger partial charge in [-0.05, 0) is 29.0 Å². The van der Waals surface area contributed by atoms with E-state index in [2.05, 4.69) is 78.9 Å². The van der Waals surface area contributed by atoms with Crippen LogP contribution < -0.4 is 16.0 Å². The first-order valence-corrected chi connectivity index (χ1v) is 16.4. The van der Waals surface area contributed by atoms with Crippen LogP contribution >= 0.6 is 7.14 Å². The maximum Gasteiger partial charge on any atom is 0.188 e. The van der Waals surface area contributed by atoms with Crippen molar-refractivity contribution in [3.63, 3.8) is 0 Å². The van der Waals surface area contributed by atoms with E-state index in [4.69, 9.17) is 9.97 Å². The summed E-state index contributed by atoms with van der Waals surface area (Å²) in [6, 6.07) is 54.8. The number of nitrogens with zero attached hydrogens (tertiary/aromatic N) is 2. The molecule has 208 valence electrons. The quantitative estimate of drug-likeness (QED) is 0.150. The van der Waals surface area contributed by atoms with Gasteiger partial charge < -0.3 is 4.57 Å². The number of aromatic nitrogens is 2. The van der Waals surface area contributed by atoms with Crippen molar-refractivity contribution in [2.45, 2.75) is 0 Å². The third kappa shape index (κ3) is 4.33. The summed E-state index contributed by atoms with van der Waals surface area (Å²) in [5, 5.41) is 7.34. The summed E-state index contributed by atoms with van der Waals surface area (Å²) in [7, 11) is -3.21. The molecule has 0 aliphatic carbocycles. The van der Waals surface area contributed by atoms with Gasteiger partial charge in [-0.15, -0.1) is 0 Å². The van der Waals surface area contributed by atoms with E-state index in [1.807, 2.05) is 84.9 Å². The van der Waals surface area contributed by atoms with Crippen molar-refractivity contribution in [3.05, 3.63) is 164 Å². The topological polar surface area (TPSA) is 42.9 Å². The van der Waals surface area contributed by atoms with E-state index in [-0.39, 0.29) is 0 Å². The summed E-state index contributed by atoms with van der Waals surface area (Å²) in [5.74, 6) is 0. The molecule has 2 heterocycles. The van der Waals surface area contributed by atoms with Gasteiger partial charge in [0, 0.05) is 37.9 Å². The largest absolute Gasteiger partial charge is 0.307 e. The molecule has 0 spiro atoms.